The maximum absolute atomic E-state index is 15.3. The first-order chi connectivity index (χ1) is 17.7. The van der Waals surface area contributed by atoms with Crippen LogP contribution < -0.4 is 0 Å². The summed E-state index contributed by atoms with van der Waals surface area (Å²) in [5.74, 6) is -5.48. The Bertz CT molecular complexity index is 1560. The van der Waals surface area contributed by atoms with Gasteiger partial charge < -0.3 is 9.80 Å². The third kappa shape index (κ3) is 3.33. The van der Waals surface area contributed by atoms with Crippen molar-refractivity contribution in [2.24, 2.45) is 0 Å². The van der Waals surface area contributed by atoms with Gasteiger partial charge in [0.1, 0.15) is 40.4 Å². The van der Waals surface area contributed by atoms with Gasteiger partial charge in [0, 0.05) is 65.5 Å². The molecule has 9 heteroatoms. The van der Waals surface area contributed by atoms with E-state index in [2.05, 4.69) is 4.98 Å². The molecule has 4 aromatic rings. The molecule has 0 atom stereocenters. The van der Waals surface area contributed by atoms with E-state index in [1.807, 2.05) is 0 Å². The molecule has 6 rings (SSSR count). The van der Waals surface area contributed by atoms with Crippen LogP contribution in [0.4, 0.5) is 26.3 Å². The van der Waals surface area contributed by atoms with Crippen LogP contribution in [0.3, 0.4) is 0 Å². The fourth-order valence-corrected chi connectivity index (χ4v) is 5.33. The van der Waals surface area contributed by atoms with Crippen molar-refractivity contribution in [3.63, 3.8) is 0 Å². The van der Waals surface area contributed by atoms with Crippen LogP contribution in [0, 0.1) is 34.9 Å². The van der Waals surface area contributed by atoms with Crippen molar-refractivity contribution in [2.75, 3.05) is 13.7 Å². The van der Waals surface area contributed by atoms with Gasteiger partial charge in [0.15, 0.2) is 0 Å². The van der Waals surface area contributed by atoms with Crippen LogP contribution in [0.15, 0.2) is 73.1 Å². The second-order valence-electron chi connectivity index (χ2n) is 9.03. The monoisotopic (exact) mass is 509 g/mol. The van der Waals surface area contributed by atoms with Crippen LogP contribution in [0.2, 0.25) is 0 Å². The van der Waals surface area contributed by atoms with Crippen LogP contribution in [0.1, 0.15) is 16.8 Å². The molecule has 0 spiro atoms. The molecule has 0 amide bonds. The summed E-state index contributed by atoms with van der Waals surface area (Å²) in [6.45, 7) is 0.186. The highest BCUT2D eigenvalue weighted by Gasteiger charge is 2.53. The number of benzene rings is 3. The van der Waals surface area contributed by atoms with Gasteiger partial charge in [-0.05, 0) is 36.4 Å². The van der Waals surface area contributed by atoms with Crippen LogP contribution in [-0.4, -0.2) is 28.5 Å². The van der Waals surface area contributed by atoms with E-state index < -0.39 is 40.4 Å². The molecule has 0 saturated carbocycles. The molecule has 0 bridgehead atoms. The Morgan fingerprint density at radius 2 is 1.32 bits per heavy atom. The zero-order valence-corrected chi connectivity index (χ0v) is 19.2. The van der Waals surface area contributed by atoms with E-state index in [1.54, 1.807) is 41.4 Å². The maximum atomic E-state index is 15.3. The SMILES string of the molecule is CN1C=CN(C2(c3cccc(-c4ccc(F)cc4F)n3)c3cc(F)cc(F)c3-c3c(F)cc(F)cc32)C1. The summed E-state index contributed by atoms with van der Waals surface area (Å²) in [6.07, 6.45) is 3.34. The zero-order valence-electron chi connectivity index (χ0n) is 19.2. The van der Waals surface area contributed by atoms with Gasteiger partial charge in [0.2, 0.25) is 0 Å². The third-order valence-electron chi connectivity index (χ3n) is 6.77. The summed E-state index contributed by atoms with van der Waals surface area (Å²) < 4.78 is 88.3. The summed E-state index contributed by atoms with van der Waals surface area (Å²) in [4.78, 5) is 8.07. The molecule has 2 heterocycles. The fraction of sp³-hybridized carbons (Fsp3) is 0.107. The van der Waals surface area contributed by atoms with E-state index in [0.29, 0.717) is 18.2 Å². The molecule has 0 saturated heterocycles. The van der Waals surface area contributed by atoms with Crippen molar-refractivity contribution in [1.29, 1.82) is 0 Å². The standard InChI is InChI=1S/C28H17F6N3/c1-36-7-8-37(14-36)28(25-4-2-3-24(35-25)18-6-5-15(29)11-21(18)32)19-9-16(30)12-22(33)26(19)27-20(28)10-17(31)13-23(27)34/h2-13H,14H2,1H3. The Kier molecular flexibility index (Phi) is 5.08. The normalized spacial score (nSPS) is 15.3. The minimum atomic E-state index is -1.68. The molecular weight excluding hydrogens is 492 g/mol. The number of halogens is 6. The number of pyridine rings is 1. The number of rotatable bonds is 3. The van der Waals surface area contributed by atoms with E-state index in [1.165, 1.54) is 12.1 Å². The van der Waals surface area contributed by atoms with Crippen LogP contribution in [0.25, 0.3) is 22.4 Å². The lowest BCUT2D eigenvalue weighted by Crippen LogP contribution is -2.45. The predicted molar refractivity (Wildman–Crippen MR) is 125 cm³/mol. The second kappa shape index (κ2) is 8.12. The van der Waals surface area contributed by atoms with Crippen LogP contribution in [-0.2, 0) is 5.54 Å². The van der Waals surface area contributed by atoms with Crippen molar-refractivity contribution in [2.45, 2.75) is 5.54 Å². The Morgan fingerprint density at radius 3 is 1.89 bits per heavy atom. The lowest BCUT2D eigenvalue weighted by Gasteiger charge is -2.41. The highest BCUT2D eigenvalue weighted by atomic mass is 19.2. The van der Waals surface area contributed by atoms with Gasteiger partial charge in [-0.25, -0.2) is 31.3 Å². The van der Waals surface area contributed by atoms with Crippen molar-refractivity contribution in [3.8, 4) is 22.4 Å². The van der Waals surface area contributed by atoms with E-state index in [4.69, 9.17) is 0 Å². The maximum Gasteiger partial charge on any atom is 0.136 e. The van der Waals surface area contributed by atoms with E-state index >= 15 is 8.78 Å². The summed E-state index contributed by atoms with van der Waals surface area (Å²) in [5, 5.41) is 0. The highest BCUT2D eigenvalue weighted by molar-refractivity contribution is 5.84. The molecule has 0 unspecified atom stereocenters. The lowest BCUT2D eigenvalue weighted by atomic mass is 9.82. The number of aromatic nitrogens is 1. The lowest BCUT2D eigenvalue weighted by molar-refractivity contribution is 0.193. The Morgan fingerprint density at radius 1 is 0.703 bits per heavy atom. The average Bonchev–Trinajstić information content (AvgIpc) is 3.39. The summed E-state index contributed by atoms with van der Waals surface area (Å²) in [7, 11) is 1.76. The van der Waals surface area contributed by atoms with E-state index in [-0.39, 0.29) is 45.9 Å². The molecular formula is C28H17F6N3. The minimum absolute atomic E-state index is 0.0122. The Labute approximate surface area is 207 Å². The smallest absolute Gasteiger partial charge is 0.136 e. The quantitative estimate of drug-likeness (QED) is 0.293. The van der Waals surface area contributed by atoms with Gasteiger partial charge in [0.05, 0.1) is 18.1 Å². The third-order valence-corrected chi connectivity index (χ3v) is 6.77. The van der Waals surface area contributed by atoms with Gasteiger partial charge in [0.25, 0.3) is 0 Å². The molecule has 0 fully saturated rings. The average molecular weight is 509 g/mol. The van der Waals surface area contributed by atoms with Gasteiger partial charge in [-0.1, -0.05) is 6.07 Å². The predicted octanol–water partition coefficient (Wildman–Crippen LogP) is 6.53. The van der Waals surface area contributed by atoms with Crippen molar-refractivity contribution in [3.05, 3.63) is 125 Å². The minimum Gasteiger partial charge on any atom is -0.362 e. The van der Waals surface area contributed by atoms with Crippen LogP contribution >= 0.6 is 0 Å². The van der Waals surface area contributed by atoms with Crippen LogP contribution in [0.5, 0.6) is 0 Å². The molecule has 186 valence electrons. The largest absolute Gasteiger partial charge is 0.362 e. The molecule has 0 radical (unpaired) electrons. The zero-order chi connectivity index (χ0) is 26.1. The second-order valence-corrected chi connectivity index (χ2v) is 9.03. The molecule has 1 aromatic heterocycles. The molecule has 3 aromatic carbocycles. The van der Waals surface area contributed by atoms with Gasteiger partial charge in [-0.15, -0.1) is 0 Å². The van der Waals surface area contributed by atoms with Crippen molar-refractivity contribution >= 4 is 0 Å². The molecule has 37 heavy (non-hydrogen) atoms. The van der Waals surface area contributed by atoms with Gasteiger partial charge in [-0.2, -0.15) is 0 Å². The number of hydrogen-bond donors (Lipinski definition) is 0. The van der Waals surface area contributed by atoms with E-state index in [0.717, 1.165) is 18.2 Å². The van der Waals surface area contributed by atoms with Gasteiger partial charge in [-0.3, -0.25) is 0 Å². The number of hydrogen-bond acceptors (Lipinski definition) is 3. The first-order valence-electron chi connectivity index (χ1n) is 11.3. The van der Waals surface area contributed by atoms with Gasteiger partial charge >= 0.3 is 0 Å². The molecule has 3 nitrogen and oxygen atoms in total. The summed E-state index contributed by atoms with van der Waals surface area (Å²) >= 11 is 0. The summed E-state index contributed by atoms with van der Waals surface area (Å²) in [6, 6.07) is 11.1. The Hall–Kier alpha value is -4.27. The summed E-state index contributed by atoms with van der Waals surface area (Å²) in [5.41, 5.74) is -1.82. The molecule has 1 aliphatic carbocycles. The highest BCUT2D eigenvalue weighted by Crippen LogP contribution is 2.56. The first kappa shape index (κ1) is 23.1. The van der Waals surface area contributed by atoms with E-state index in [9.17, 15) is 17.6 Å². The first-order valence-corrected chi connectivity index (χ1v) is 11.3. The van der Waals surface area contributed by atoms with Crippen molar-refractivity contribution < 1.29 is 26.3 Å². The fourth-order valence-electron chi connectivity index (χ4n) is 5.33. The van der Waals surface area contributed by atoms with Crippen molar-refractivity contribution in [1.82, 2.24) is 14.8 Å². The number of fused-ring (bicyclic) bond motifs is 3. The molecule has 0 N–H and O–H groups in total. The molecule has 1 aliphatic heterocycles. The molecule has 2 aliphatic rings. The Balaban J connectivity index is 1.73. The number of nitrogens with zero attached hydrogens (tertiary/aromatic N) is 3. The topological polar surface area (TPSA) is 19.4 Å².